The smallest absolute Gasteiger partial charge is 0.397 e. The first-order valence-corrected chi connectivity index (χ1v) is 9.95. The Bertz CT molecular complexity index is 703. The van der Waals surface area contributed by atoms with Gasteiger partial charge in [-0.15, -0.1) is 0 Å². The molecule has 2 rings (SSSR count). The predicted molar refractivity (Wildman–Crippen MR) is 90.7 cm³/mol. The Morgan fingerprint density at radius 2 is 1.93 bits per heavy atom. The number of amides is 1. The van der Waals surface area contributed by atoms with Crippen molar-refractivity contribution in [2.24, 2.45) is 0 Å². The molecule has 8 atom stereocenters. The van der Waals surface area contributed by atoms with Crippen molar-refractivity contribution in [3.8, 4) is 0 Å². The van der Waals surface area contributed by atoms with Crippen molar-refractivity contribution < 1.29 is 56.6 Å². The van der Waals surface area contributed by atoms with E-state index in [2.05, 4.69) is 14.8 Å². The van der Waals surface area contributed by atoms with E-state index in [4.69, 9.17) is 19.1 Å². The molecule has 14 nitrogen and oxygen atoms in total. The maximum Gasteiger partial charge on any atom is 0.397 e. The molecular weight excluding hydrogens is 420 g/mol. The van der Waals surface area contributed by atoms with Crippen molar-refractivity contribution in [1.82, 2.24) is 10.6 Å². The number of carboxylic acids is 1. The van der Waals surface area contributed by atoms with Crippen LogP contribution in [0.1, 0.15) is 13.3 Å². The number of hydrogen-bond donors (Lipinski definition) is 7. The number of aliphatic hydroxyl groups excluding tert-OH is 3. The lowest BCUT2D eigenvalue weighted by Crippen LogP contribution is -2.66. The van der Waals surface area contributed by atoms with Crippen molar-refractivity contribution in [3.05, 3.63) is 0 Å². The lowest BCUT2D eigenvalue weighted by atomic mass is 9.96. The van der Waals surface area contributed by atoms with Gasteiger partial charge in [0.25, 0.3) is 0 Å². The van der Waals surface area contributed by atoms with Crippen molar-refractivity contribution >= 4 is 22.3 Å². The molecule has 2 saturated heterocycles. The van der Waals surface area contributed by atoms with Gasteiger partial charge in [-0.3, -0.25) is 19.5 Å². The third kappa shape index (κ3) is 6.03. The van der Waals surface area contributed by atoms with Gasteiger partial charge in [-0.2, -0.15) is 8.42 Å². The Morgan fingerprint density at radius 3 is 2.41 bits per heavy atom. The van der Waals surface area contributed by atoms with E-state index in [0.29, 0.717) is 0 Å². The highest BCUT2D eigenvalue weighted by molar-refractivity contribution is 7.80. The zero-order valence-corrected chi connectivity index (χ0v) is 16.1. The van der Waals surface area contributed by atoms with Crippen LogP contribution in [0.4, 0.5) is 0 Å². The number of ether oxygens (including phenoxy) is 2. The molecule has 0 radical (unpaired) electrons. The summed E-state index contributed by atoms with van der Waals surface area (Å²) in [5.41, 5.74) is 0. The highest BCUT2D eigenvalue weighted by Gasteiger charge is 2.50. The van der Waals surface area contributed by atoms with Crippen molar-refractivity contribution in [2.45, 2.75) is 62.2 Å². The van der Waals surface area contributed by atoms with Crippen LogP contribution in [-0.4, -0.2) is 107 Å². The first-order valence-electron chi connectivity index (χ1n) is 8.59. The highest BCUT2D eigenvalue weighted by atomic mass is 32.3. The standard InChI is InChI=1S/C14H24N2O12S/c1-5(19)15-10-11(20)12(28-29(23,24)25)9(4-18)27-14(10)26-8-2-6(13(21)22)16-7(8)3-17/h6-12,14,16-18,20H,2-4H2,1H3,(H,15,19)(H,21,22)(H,23,24,25)/t6-,7+,8-,9+,10+,11+,12+,14+/m0/s1. The molecule has 0 aromatic carbocycles. The number of carbonyl (C=O) groups excluding carboxylic acids is 1. The van der Waals surface area contributed by atoms with Crippen LogP contribution in [0.2, 0.25) is 0 Å². The Morgan fingerprint density at radius 1 is 1.28 bits per heavy atom. The normalized spacial score (nSPS) is 38.0. The summed E-state index contributed by atoms with van der Waals surface area (Å²) < 4.78 is 46.5. The van der Waals surface area contributed by atoms with Crippen molar-refractivity contribution in [2.75, 3.05) is 13.2 Å². The van der Waals surface area contributed by atoms with Gasteiger partial charge in [-0.05, 0) is 0 Å². The number of hydrogen-bond acceptors (Lipinski definition) is 11. The molecular formula is C14H24N2O12S. The van der Waals surface area contributed by atoms with Crippen LogP contribution in [0.5, 0.6) is 0 Å². The number of aliphatic hydroxyl groups is 3. The summed E-state index contributed by atoms with van der Waals surface area (Å²) in [7, 11) is -5.03. The van der Waals surface area contributed by atoms with E-state index >= 15 is 0 Å². The topological polar surface area (TPSA) is 221 Å². The van der Waals surface area contributed by atoms with E-state index in [1.807, 2.05) is 0 Å². The summed E-state index contributed by atoms with van der Waals surface area (Å²) in [6.07, 6.45) is -7.48. The molecule has 2 heterocycles. The molecule has 0 aliphatic carbocycles. The summed E-state index contributed by atoms with van der Waals surface area (Å²) >= 11 is 0. The molecule has 0 bridgehead atoms. The molecule has 0 spiro atoms. The molecule has 0 aromatic rings. The van der Waals surface area contributed by atoms with Crippen LogP contribution in [0.25, 0.3) is 0 Å². The van der Waals surface area contributed by atoms with Gasteiger partial charge in [0.1, 0.15) is 30.4 Å². The maximum atomic E-state index is 11.5. The van der Waals surface area contributed by atoms with Crippen LogP contribution in [0.15, 0.2) is 0 Å². The Kier molecular flexibility index (Phi) is 7.88. The summed E-state index contributed by atoms with van der Waals surface area (Å²) in [5, 5.41) is 43.5. The van der Waals surface area contributed by atoms with Crippen LogP contribution in [0.3, 0.4) is 0 Å². The maximum absolute atomic E-state index is 11.5. The minimum absolute atomic E-state index is 0.0714. The molecule has 0 aromatic heterocycles. The molecule has 29 heavy (non-hydrogen) atoms. The number of carboxylic acid groups (broad SMARTS) is 1. The largest absolute Gasteiger partial charge is 0.480 e. The molecule has 7 N–H and O–H groups in total. The Hall–Kier alpha value is -1.43. The van der Waals surface area contributed by atoms with E-state index in [0.717, 1.165) is 6.92 Å². The fourth-order valence-corrected chi connectivity index (χ4v) is 3.84. The lowest BCUT2D eigenvalue weighted by molar-refractivity contribution is -0.279. The molecule has 2 fully saturated rings. The molecule has 0 saturated carbocycles. The fourth-order valence-electron chi connectivity index (χ4n) is 3.33. The first kappa shape index (κ1) is 23.8. The minimum atomic E-state index is -5.03. The van der Waals surface area contributed by atoms with Crippen LogP contribution >= 0.6 is 0 Å². The molecule has 0 unspecified atom stereocenters. The highest BCUT2D eigenvalue weighted by Crippen LogP contribution is 2.29. The third-order valence-corrected chi connectivity index (χ3v) is 5.06. The molecule has 168 valence electrons. The number of aliphatic carboxylic acids is 1. The second-order valence-electron chi connectivity index (χ2n) is 6.69. The molecule has 2 aliphatic heterocycles. The zero-order chi connectivity index (χ0) is 21.9. The van der Waals surface area contributed by atoms with E-state index in [1.54, 1.807) is 0 Å². The van der Waals surface area contributed by atoms with Gasteiger partial charge >= 0.3 is 16.4 Å². The lowest BCUT2D eigenvalue weighted by Gasteiger charge is -2.44. The van der Waals surface area contributed by atoms with Gasteiger partial charge in [0.15, 0.2) is 6.29 Å². The van der Waals surface area contributed by atoms with Crippen LogP contribution < -0.4 is 10.6 Å². The van der Waals surface area contributed by atoms with Crippen LogP contribution in [-0.2, 0) is 33.6 Å². The van der Waals surface area contributed by atoms with Crippen molar-refractivity contribution in [3.63, 3.8) is 0 Å². The minimum Gasteiger partial charge on any atom is -0.480 e. The summed E-state index contributed by atoms with van der Waals surface area (Å²) in [5.74, 6) is -1.82. The second kappa shape index (κ2) is 9.59. The van der Waals surface area contributed by atoms with Gasteiger partial charge in [0.2, 0.25) is 5.91 Å². The summed E-state index contributed by atoms with van der Waals surface area (Å²) in [6.45, 7) is -0.213. The van der Waals surface area contributed by atoms with Gasteiger partial charge < -0.3 is 35.2 Å². The fraction of sp³-hybridized carbons (Fsp3) is 0.857. The Labute approximate surface area is 165 Å². The van der Waals surface area contributed by atoms with Crippen LogP contribution in [0, 0.1) is 0 Å². The SMILES string of the molecule is CC(=O)N[C@H]1[C@H](O[C@H]2C[C@@H](C(=O)O)N[C@@H]2CO)O[C@H](CO)[C@@H](OS(=O)(=O)O)[C@@H]1O. The number of carbonyl (C=O) groups is 2. The Balaban J connectivity index is 2.24. The van der Waals surface area contributed by atoms with E-state index < -0.39 is 84.3 Å². The molecule has 1 amide bonds. The van der Waals surface area contributed by atoms with E-state index in [1.165, 1.54) is 0 Å². The zero-order valence-electron chi connectivity index (χ0n) is 15.2. The van der Waals surface area contributed by atoms with E-state index in [-0.39, 0.29) is 6.42 Å². The second-order valence-corrected chi connectivity index (χ2v) is 7.74. The first-order chi connectivity index (χ1) is 13.5. The number of rotatable bonds is 8. The third-order valence-electron chi connectivity index (χ3n) is 4.59. The predicted octanol–water partition coefficient (Wildman–Crippen LogP) is -4.05. The molecule has 2 aliphatic rings. The molecule has 15 heteroatoms. The van der Waals surface area contributed by atoms with Gasteiger partial charge in [-0.1, -0.05) is 0 Å². The summed E-state index contributed by atoms with van der Waals surface area (Å²) in [6, 6.07) is -3.21. The monoisotopic (exact) mass is 444 g/mol. The average Bonchev–Trinajstić information content (AvgIpc) is 3.02. The quantitative estimate of drug-likeness (QED) is 0.177. The van der Waals surface area contributed by atoms with Gasteiger partial charge in [0, 0.05) is 13.3 Å². The average molecular weight is 444 g/mol. The number of nitrogens with one attached hydrogen (secondary N) is 2. The van der Waals surface area contributed by atoms with Gasteiger partial charge in [-0.25, -0.2) is 4.18 Å². The van der Waals surface area contributed by atoms with Gasteiger partial charge in [0.05, 0.1) is 25.4 Å². The summed E-state index contributed by atoms with van der Waals surface area (Å²) in [4.78, 5) is 22.7. The van der Waals surface area contributed by atoms with Crippen molar-refractivity contribution in [1.29, 1.82) is 0 Å². The van der Waals surface area contributed by atoms with E-state index in [9.17, 15) is 33.3 Å².